The van der Waals surface area contributed by atoms with E-state index in [1.165, 1.54) is 5.56 Å². The van der Waals surface area contributed by atoms with Gasteiger partial charge in [-0.2, -0.15) is 0 Å². The number of morpholine rings is 1. The highest BCUT2D eigenvalue weighted by Crippen LogP contribution is 2.25. The molecule has 0 spiro atoms. The lowest BCUT2D eigenvalue weighted by molar-refractivity contribution is 0.0546. The zero-order valence-electron chi connectivity index (χ0n) is 15.9. The van der Waals surface area contributed by atoms with Gasteiger partial charge in [-0.05, 0) is 36.9 Å². The summed E-state index contributed by atoms with van der Waals surface area (Å²) in [6.07, 6.45) is 0. The van der Waals surface area contributed by atoms with Gasteiger partial charge in [0.15, 0.2) is 0 Å². The van der Waals surface area contributed by atoms with Crippen LogP contribution in [-0.2, 0) is 4.74 Å². The van der Waals surface area contributed by atoms with Crippen molar-refractivity contribution in [3.8, 4) is 0 Å². The molecule has 0 aromatic heterocycles. The minimum Gasteiger partial charge on any atom is -0.378 e. The second-order valence-corrected chi connectivity index (χ2v) is 7.30. The maximum atomic E-state index is 13.0. The van der Waals surface area contributed by atoms with Crippen molar-refractivity contribution in [1.82, 2.24) is 9.80 Å². The summed E-state index contributed by atoms with van der Waals surface area (Å²) < 4.78 is 5.41. The van der Waals surface area contributed by atoms with Crippen LogP contribution in [0.3, 0.4) is 0 Å². The summed E-state index contributed by atoms with van der Waals surface area (Å²) in [5, 5.41) is 0. The van der Waals surface area contributed by atoms with E-state index in [0.717, 1.165) is 57.2 Å². The number of hydrogen-bond acceptors (Lipinski definition) is 4. The number of hydrogen-bond donors (Lipinski definition) is 0. The first-order valence-corrected chi connectivity index (χ1v) is 9.69. The first kappa shape index (κ1) is 18.0. The van der Waals surface area contributed by atoms with Gasteiger partial charge in [-0.15, -0.1) is 0 Å². The minimum absolute atomic E-state index is 0.123. The molecule has 2 aliphatic rings. The molecule has 1 atom stereocenters. The number of nitrogens with zero attached hydrogens (tertiary/aromatic N) is 3. The average Bonchev–Trinajstić information content (AvgIpc) is 2.75. The fourth-order valence-corrected chi connectivity index (χ4v) is 3.91. The number of likely N-dealkylation sites (N-methyl/N-ethyl adjacent to an activating group) is 1. The van der Waals surface area contributed by atoms with Crippen molar-refractivity contribution >= 4 is 11.6 Å². The summed E-state index contributed by atoms with van der Waals surface area (Å²) in [4.78, 5) is 19.7. The molecule has 0 saturated carbocycles. The van der Waals surface area contributed by atoms with Crippen molar-refractivity contribution in [2.45, 2.75) is 6.04 Å². The molecule has 2 aromatic carbocycles. The Kier molecular flexibility index (Phi) is 5.41. The van der Waals surface area contributed by atoms with Crippen LogP contribution in [0, 0.1) is 0 Å². The summed E-state index contributed by atoms with van der Waals surface area (Å²) >= 11 is 0. The van der Waals surface area contributed by atoms with E-state index in [9.17, 15) is 4.79 Å². The quantitative estimate of drug-likeness (QED) is 0.838. The molecule has 1 unspecified atom stereocenters. The number of piperazine rings is 1. The smallest absolute Gasteiger partial charge is 0.253 e. The summed E-state index contributed by atoms with van der Waals surface area (Å²) in [5.74, 6) is 0.123. The highest BCUT2D eigenvalue weighted by Gasteiger charge is 2.28. The first-order chi connectivity index (χ1) is 13.2. The lowest BCUT2D eigenvalue weighted by Crippen LogP contribution is -2.49. The molecule has 2 fully saturated rings. The molecule has 5 nitrogen and oxygen atoms in total. The Morgan fingerprint density at radius 3 is 2.33 bits per heavy atom. The second-order valence-electron chi connectivity index (χ2n) is 7.30. The van der Waals surface area contributed by atoms with Gasteiger partial charge in [-0.1, -0.05) is 30.3 Å². The fraction of sp³-hybridized carbons (Fsp3) is 0.409. The van der Waals surface area contributed by atoms with Crippen molar-refractivity contribution in [2.24, 2.45) is 0 Å². The molecular formula is C22H27N3O2. The largest absolute Gasteiger partial charge is 0.378 e. The van der Waals surface area contributed by atoms with Crippen LogP contribution in [0.4, 0.5) is 5.69 Å². The summed E-state index contributed by atoms with van der Waals surface area (Å²) in [6, 6.07) is 18.7. The number of carbonyl (C=O) groups excluding carboxylic acids is 1. The molecule has 1 amide bonds. The van der Waals surface area contributed by atoms with Crippen molar-refractivity contribution < 1.29 is 9.53 Å². The first-order valence-electron chi connectivity index (χ1n) is 9.69. The maximum absolute atomic E-state index is 13.0. The van der Waals surface area contributed by atoms with Gasteiger partial charge in [-0.3, -0.25) is 9.69 Å². The van der Waals surface area contributed by atoms with E-state index in [1.54, 1.807) is 0 Å². The third-order valence-corrected chi connectivity index (χ3v) is 5.61. The zero-order valence-corrected chi connectivity index (χ0v) is 15.9. The Labute approximate surface area is 161 Å². The zero-order chi connectivity index (χ0) is 18.6. The summed E-state index contributed by atoms with van der Waals surface area (Å²) in [5.41, 5.74) is 3.19. The van der Waals surface area contributed by atoms with Crippen LogP contribution >= 0.6 is 0 Å². The SMILES string of the molecule is CN1CCN(C(=O)c2ccc(N3CCOCC3)cc2)CC1c1ccccc1. The molecule has 0 bridgehead atoms. The predicted octanol–water partition coefficient (Wildman–Crippen LogP) is 2.65. The molecule has 2 saturated heterocycles. The Hall–Kier alpha value is -2.37. The average molecular weight is 365 g/mol. The van der Waals surface area contributed by atoms with Gasteiger partial charge in [0.1, 0.15) is 0 Å². The van der Waals surface area contributed by atoms with E-state index < -0.39 is 0 Å². The van der Waals surface area contributed by atoms with Gasteiger partial charge in [-0.25, -0.2) is 0 Å². The van der Waals surface area contributed by atoms with E-state index in [-0.39, 0.29) is 11.9 Å². The molecule has 27 heavy (non-hydrogen) atoms. The molecule has 0 radical (unpaired) electrons. The van der Waals surface area contributed by atoms with Crippen molar-refractivity contribution in [3.05, 3.63) is 65.7 Å². The lowest BCUT2D eigenvalue weighted by Gasteiger charge is -2.39. The second kappa shape index (κ2) is 8.11. The molecule has 5 heteroatoms. The van der Waals surface area contributed by atoms with E-state index in [4.69, 9.17) is 4.74 Å². The normalized spacial score (nSPS) is 21.3. The molecule has 0 N–H and O–H groups in total. The van der Waals surface area contributed by atoms with Gasteiger partial charge < -0.3 is 14.5 Å². The fourth-order valence-electron chi connectivity index (χ4n) is 3.91. The highest BCUT2D eigenvalue weighted by atomic mass is 16.5. The van der Waals surface area contributed by atoms with Crippen molar-refractivity contribution in [1.29, 1.82) is 0 Å². The number of ether oxygens (including phenoxy) is 1. The van der Waals surface area contributed by atoms with Crippen LogP contribution in [0.2, 0.25) is 0 Å². The van der Waals surface area contributed by atoms with E-state index in [1.807, 2.05) is 23.1 Å². The molecular weight excluding hydrogens is 338 g/mol. The van der Waals surface area contributed by atoms with Crippen LogP contribution in [0.25, 0.3) is 0 Å². The van der Waals surface area contributed by atoms with E-state index in [0.29, 0.717) is 0 Å². The molecule has 2 heterocycles. The van der Waals surface area contributed by atoms with Gasteiger partial charge in [0.2, 0.25) is 0 Å². The van der Waals surface area contributed by atoms with Crippen LogP contribution in [-0.4, -0.2) is 68.7 Å². The molecule has 142 valence electrons. The third kappa shape index (κ3) is 3.99. The summed E-state index contributed by atoms with van der Waals surface area (Å²) in [7, 11) is 2.14. The van der Waals surface area contributed by atoms with E-state index in [2.05, 4.69) is 53.2 Å². The molecule has 0 aliphatic carbocycles. The van der Waals surface area contributed by atoms with Gasteiger partial charge in [0.05, 0.1) is 19.3 Å². The summed E-state index contributed by atoms with van der Waals surface area (Å²) in [6.45, 7) is 5.73. The number of anilines is 1. The monoisotopic (exact) mass is 365 g/mol. The number of amides is 1. The van der Waals surface area contributed by atoms with Crippen LogP contribution in [0.15, 0.2) is 54.6 Å². The number of rotatable bonds is 3. The third-order valence-electron chi connectivity index (χ3n) is 5.61. The van der Waals surface area contributed by atoms with Crippen molar-refractivity contribution in [3.63, 3.8) is 0 Å². The molecule has 2 aromatic rings. The van der Waals surface area contributed by atoms with Crippen LogP contribution < -0.4 is 4.90 Å². The Morgan fingerprint density at radius 2 is 1.63 bits per heavy atom. The van der Waals surface area contributed by atoms with Crippen LogP contribution in [0.1, 0.15) is 22.0 Å². The number of carbonyl (C=O) groups is 1. The topological polar surface area (TPSA) is 36.0 Å². The highest BCUT2D eigenvalue weighted by molar-refractivity contribution is 5.94. The van der Waals surface area contributed by atoms with Gasteiger partial charge >= 0.3 is 0 Å². The Bertz CT molecular complexity index is 757. The van der Waals surface area contributed by atoms with E-state index >= 15 is 0 Å². The molecule has 2 aliphatic heterocycles. The predicted molar refractivity (Wildman–Crippen MR) is 107 cm³/mol. The number of benzene rings is 2. The van der Waals surface area contributed by atoms with Gasteiger partial charge in [0, 0.05) is 44.0 Å². The lowest BCUT2D eigenvalue weighted by atomic mass is 10.0. The Morgan fingerprint density at radius 1 is 0.926 bits per heavy atom. The maximum Gasteiger partial charge on any atom is 0.253 e. The van der Waals surface area contributed by atoms with Crippen LogP contribution in [0.5, 0.6) is 0 Å². The minimum atomic E-state index is 0.123. The molecule has 4 rings (SSSR count). The Balaban J connectivity index is 1.45. The van der Waals surface area contributed by atoms with Crippen molar-refractivity contribution in [2.75, 3.05) is 57.9 Å². The standard InChI is InChI=1S/C22H27N3O2/c1-23-11-12-25(17-21(23)18-5-3-2-4-6-18)22(26)19-7-9-20(10-8-19)24-13-15-27-16-14-24/h2-10,21H,11-17H2,1H3. The van der Waals surface area contributed by atoms with Gasteiger partial charge in [0.25, 0.3) is 5.91 Å².